The smallest absolute Gasteiger partial charge is 0.226 e. The summed E-state index contributed by atoms with van der Waals surface area (Å²) in [4.78, 5) is 21.1. The topological polar surface area (TPSA) is 74.5 Å². The third-order valence-electron chi connectivity index (χ3n) is 4.75. The van der Waals surface area contributed by atoms with E-state index in [0.717, 1.165) is 23.2 Å². The van der Waals surface area contributed by atoms with Gasteiger partial charge >= 0.3 is 0 Å². The second kappa shape index (κ2) is 9.37. The lowest BCUT2D eigenvalue weighted by atomic mass is 10.1. The van der Waals surface area contributed by atoms with Crippen molar-refractivity contribution in [2.75, 3.05) is 7.11 Å². The number of Topliss-reactive ketones (excluding diaryl/α,β-unsaturated/α-hetero) is 1. The first-order valence-corrected chi connectivity index (χ1v) is 9.76. The fourth-order valence-corrected chi connectivity index (χ4v) is 2.89. The number of benzene rings is 1. The number of oxazole rings is 1. The van der Waals surface area contributed by atoms with Gasteiger partial charge in [-0.05, 0) is 50.1 Å². The van der Waals surface area contributed by atoms with Crippen LogP contribution in [0, 0.1) is 6.92 Å². The van der Waals surface area contributed by atoms with Crippen LogP contribution in [0.4, 0.5) is 0 Å². The molecule has 1 aromatic carbocycles. The van der Waals surface area contributed by atoms with E-state index < -0.39 is 0 Å². The van der Waals surface area contributed by atoms with Gasteiger partial charge in [0, 0.05) is 24.6 Å². The molecule has 0 aliphatic heterocycles. The van der Waals surface area contributed by atoms with Gasteiger partial charge in [0.1, 0.15) is 12.0 Å². The molecule has 0 saturated heterocycles. The molecule has 152 valence electrons. The molecule has 0 N–H and O–H groups in total. The molecular weight excluding hydrogens is 368 g/mol. The highest BCUT2D eigenvalue weighted by Crippen LogP contribution is 2.33. The SMILES string of the molecule is CCC(C)Oc1cc(-c2nc(CCC(=O)c3ncccc3C)co2)ccc1OC. The van der Waals surface area contributed by atoms with Gasteiger partial charge < -0.3 is 13.9 Å². The minimum atomic E-state index is 0.00124. The van der Waals surface area contributed by atoms with Gasteiger partial charge in [0.05, 0.1) is 18.9 Å². The maximum absolute atomic E-state index is 12.4. The lowest BCUT2D eigenvalue weighted by molar-refractivity contribution is 0.0977. The summed E-state index contributed by atoms with van der Waals surface area (Å²) in [5.74, 6) is 1.80. The second-order valence-corrected chi connectivity index (χ2v) is 6.94. The van der Waals surface area contributed by atoms with E-state index in [0.29, 0.717) is 35.9 Å². The number of pyridine rings is 1. The second-order valence-electron chi connectivity index (χ2n) is 6.94. The molecule has 0 fully saturated rings. The van der Waals surface area contributed by atoms with Gasteiger partial charge in [0.15, 0.2) is 17.3 Å². The Hall–Kier alpha value is -3.15. The van der Waals surface area contributed by atoms with Crippen molar-refractivity contribution < 1.29 is 18.7 Å². The molecule has 2 aromatic heterocycles. The Labute approximate surface area is 170 Å². The Bertz CT molecular complexity index is 981. The number of methoxy groups -OCH3 is 1. The summed E-state index contributed by atoms with van der Waals surface area (Å²) in [6, 6.07) is 9.29. The van der Waals surface area contributed by atoms with Crippen LogP contribution in [-0.2, 0) is 6.42 Å². The highest BCUT2D eigenvalue weighted by Gasteiger charge is 2.15. The predicted octanol–water partition coefficient (Wildman–Crippen LogP) is 5.05. The fraction of sp³-hybridized carbons (Fsp3) is 0.348. The number of ether oxygens (including phenoxy) is 2. The minimum Gasteiger partial charge on any atom is -0.493 e. The van der Waals surface area contributed by atoms with E-state index in [-0.39, 0.29) is 11.9 Å². The number of carbonyl (C=O) groups excluding carboxylic acids is 1. The number of hydrogen-bond donors (Lipinski definition) is 0. The van der Waals surface area contributed by atoms with Gasteiger partial charge in [-0.25, -0.2) is 4.98 Å². The zero-order valence-corrected chi connectivity index (χ0v) is 17.3. The lowest BCUT2D eigenvalue weighted by Crippen LogP contribution is -2.10. The summed E-state index contributed by atoms with van der Waals surface area (Å²) in [5, 5.41) is 0. The molecule has 29 heavy (non-hydrogen) atoms. The van der Waals surface area contributed by atoms with E-state index in [1.807, 2.05) is 44.2 Å². The summed E-state index contributed by atoms with van der Waals surface area (Å²) in [7, 11) is 1.61. The molecule has 6 nitrogen and oxygen atoms in total. The summed E-state index contributed by atoms with van der Waals surface area (Å²) >= 11 is 0. The Morgan fingerprint density at radius 2 is 2.07 bits per heavy atom. The number of ketones is 1. The van der Waals surface area contributed by atoms with Gasteiger partial charge in [-0.1, -0.05) is 13.0 Å². The van der Waals surface area contributed by atoms with Crippen LogP contribution in [0.3, 0.4) is 0 Å². The molecule has 0 aliphatic carbocycles. The van der Waals surface area contributed by atoms with Gasteiger partial charge in [0.25, 0.3) is 0 Å². The number of aryl methyl sites for hydroxylation is 2. The first-order chi connectivity index (χ1) is 14.0. The van der Waals surface area contributed by atoms with E-state index in [1.165, 1.54) is 0 Å². The normalized spacial score (nSPS) is 11.9. The number of nitrogens with zero attached hydrogens (tertiary/aromatic N) is 2. The van der Waals surface area contributed by atoms with Crippen molar-refractivity contribution in [3.05, 3.63) is 59.7 Å². The Morgan fingerprint density at radius 3 is 2.79 bits per heavy atom. The Kier molecular flexibility index (Phi) is 6.65. The van der Waals surface area contributed by atoms with Gasteiger partial charge in [-0.15, -0.1) is 0 Å². The Morgan fingerprint density at radius 1 is 1.24 bits per heavy atom. The average molecular weight is 394 g/mol. The third-order valence-corrected chi connectivity index (χ3v) is 4.75. The van der Waals surface area contributed by atoms with Crippen LogP contribution in [0.25, 0.3) is 11.5 Å². The maximum atomic E-state index is 12.4. The molecule has 2 heterocycles. The van der Waals surface area contributed by atoms with Gasteiger partial charge in [-0.3, -0.25) is 9.78 Å². The van der Waals surface area contributed by atoms with Crippen molar-refractivity contribution >= 4 is 5.78 Å². The summed E-state index contributed by atoms with van der Waals surface area (Å²) in [6.07, 6.45) is 5.00. The van der Waals surface area contributed by atoms with E-state index in [2.05, 4.69) is 16.9 Å². The predicted molar refractivity (Wildman–Crippen MR) is 110 cm³/mol. The molecule has 0 radical (unpaired) electrons. The first-order valence-electron chi connectivity index (χ1n) is 9.76. The van der Waals surface area contributed by atoms with Crippen LogP contribution in [0.5, 0.6) is 11.5 Å². The molecule has 6 heteroatoms. The summed E-state index contributed by atoms with van der Waals surface area (Å²) in [6.45, 7) is 5.96. The highest BCUT2D eigenvalue weighted by molar-refractivity contribution is 5.95. The quantitative estimate of drug-likeness (QED) is 0.473. The molecule has 3 rings (SSSR count). The summed E-state index contributed by atoms with van der Waals surface area (Å²) < 4.78 is 17.0. The lowest BCUT2D eigenvalue weighted by Gasteiger charge is -2.15. The van der Waals surface area contributed by atoms with Crippen molar-refractivity contribution in [3.8, 4) is 23.0 Å². The van der Waals surface area contributed by atoms with Gasteiger partial charge in [-0.2, -0.15) is 0 Å². The highest BCUT2D eigenvalue weighted by atomic mass is 16.5. The zero-order chi connectivity index (χ0) is 20.8. The Balaban J connectivity index is 1.72. The third kappa shape index (κ3) is 5.02. The zero-order valence-electron chi connectivity index (χ0n) is 17.3. The molecule has 0 saturated carbocycles. The van der Waals surface area contributed by atoms with Crippen LogP contribution < -0.4 is 9.47 Å². The fourth-order valence-electron chi connectivity index (χ4n) is 2.89. The van der Waals surface area contributed by atoms with Crippen molar-refractivity contribution in [3.63, 3.8) is 0 Å². The molecule has 0 bridgehead atoms. The molecule has 1 atom stereocenters. The molecule has 1 unspecified atom stereocenters. The average Bonchev–Trinajstić information content (AvgIpc) is 3.21. The molecule has 0 amide bonds. The van der Waals surface area contributed by atoms with Crippen LogP contribution >= 0.6 is 0 Å². The first kappa shape index (κ1) is 20.6. The van der Waals surface area contributed by atoms with Crippen LogP contribution in [-0.4, -0.2) is 29.0 Å². The standard InChI is InChI=1S/C23H26N2O4/c1-5-16(3)29-21-13-17(8-11-20(21)27-4)23-25-18(14-28-23)9-10-19(26)22-15(2)7-6-12-24-22/h6-8,11-14,16H,5,9-10H2,1-4H3. The van der Waals surface area contributed by atoms with Gasteiger partial charge in [0.2, 0.25) is 5.89 Å². The van der Waals surface area contributed by atoms with Crippen molar-refractivity contribution in [2.24, 2.45) is 0 Å². The summed E-state index contributed by atoms with van der Waals surface area (Å²) in [5.41, 5.74) is 2.91. The largest absolute Gasteiger partial charge is 0.493 e. The van der Waals surface area contributed by atoms with E-state index in [1.54, 1.807) is 19.6 Å². The maximum Gasteiger partial charge on any atom is 0.226 e. The number of rotatable bonds is 9. The van der Waals surface area contributed by atoms with E-state index in [9.17, 15) is 4.79 Å². The molecule has 0 aliphatic rings. The van der Waals surface area contributed by atoms with E-state index in [4.69, 9.17) is 13.9 Å². The van der Waals surface area contributed by atoms with Crippen molar-refractivity contribution in [2.45, 2.75) is 46.1 Å². The molecule has 3 aromatic rings. The minimum absolute atomic E-state index is 0.00124. The number of carbonyl (C=O) groups is 1. The monoisotopic (exact) mass is 394 g/mol. The number of aromatic nitrogens is 2. The van der Waals surface area contributed by atoms with Crippen molar-refractivity contribution in [1.82, 2.24) is 9.97 Å². The van der Waals surface area contributed by atoms with Crippen LogP contribution in [0.15, 0.2) is 47.2 Å². The molecular formula is C23H26N2O4. The van der Waals surface area contributed by atoms with Crippen LogP contribution in [0.2, 0.25) is 0 Å². The van der Waals surface area contributed by atoms with Crippen LogP contribution in [0.1, 0.15) is 48.4 Å². The molecule has 0 spiro atoms. The number of hydrogen-bond acceptors (Lipinski definition) is 6. The van der Waals surface area contributed by atoms with Crippen molar-refractivity contribution in [1.29, 1.82) is 0 Å². The van der Waals surface area contributed by atoms with E-state index >= 15 is 0 Å².